The second kappa shape index (κ2) is 9.82. The van der Waals surface area contributed by atoms with E-state index in [-0.39, 0.29) is 0 Å². The zero-order valence-electron chi connectivity index (χ0n) is 12.9. The number of hydrogen-bond donors (Lipinski definition) is 7. The first-order valence-electron chi connectivity index (χ1n) is 6.81. The standard InChI is InChI=1S/C12H19N5O8/c13-4(1-7(14)18)10(22)16-5(2-8(15)19)11(23)17-6(12(24)25)3-9(20)21/h4-6H,1-3,13H2,(H2,14,18)(H2,15,19)(H,16,22)(H,17,23)(H,20,21)(H,24,25)/t4-,5-,6-/m0/s1. The number of rotatable bonds is 11. The number of hydrogen-bond acceptors (Lipinski definition) is 7. The summed E-state index contributed by atoms with van der Waals surface area (Å²) < 4.78 is 0. The van der Waals surface area contributed by atoms with Gasteiger partial charge in [0.05, 0.1) is 25.3 Å². The fourth-order valence-electron chi connectivity index (χ4n) is 1.65. The maximum absolute atomic E-state index is 12.0. The number of carboxylic acid groups (broad SMARTS) is 2. The van der Waals surface area contributed by atoms with Crippen LogP contribution in [0.25, 0.3) is 0 Å². The molecule has 0 saturated heterocycles. The second-order valence-electron chi connectivity index (χ2n) is 5.01. The van der Waals surface area contributed by atoms with E-state index in [9.17, 15) is 28.8 Å². The SMILES string of the molecule is NC(=O)C[C@H](NC(=O)[C@@H](N)CC(N)=O)C(=O)N[C@@H](CC(=O)O)C(=O)O. The molecule has 0 aromatic heterocycles. The molecule has 0 aliphatic rings. The van der Waals surface area contributed by atoms with Gasteiger partial charge in [-0.1, -0.05) is 0 Å². The minimum absolute atomic E-state index is 0.534. The third-order valence-corrected chi connectivity index (χ3v) is 2.79. The van der Waals surface area contributed by atoms with Gasteiger partial charge in [0.1, 0.15) is 12.1 Å². The van der Waals surface area contributed by atoms with Gasteiger partial charge in [-0.25, -0.2) is 4.79 Å². The second-order valence-corrected chi connectivity index (χ2v) is 5.01. The Bertz CT molecular complexity index is 578. The Morgan fingerprint density at radius 2 is 1.24 bits per heavy atom. The van der Waals surface area contributed by atoms with Crippen LogP contribution in [0.3, 0.4) is 0 Å². The summed E-state index contributed by atoms with van der Waals surface area (Å²) in [5.41, 5.74) is 15.2. The summed E-state index contributed by atoms with van der Waals surface area (Å²) in [4.78, 5) is 67.1. The Morgan fingerprint density at radius 3 is 1.64 bits per heavy atom. The van der Waals surface area contributed by atoms with Gasteiger partial charge in [0, 0.05) is 0 Å². The zero-order valence-corrected chi connectivity index (χ0v) is 12.9. The van der Waals surface area contributed by atoms with Gasteiger partial charge in [-0.05, 0) is 0 Å². The monoisotopic (exact) mass is 361 g/mol. The van der Waals surface area contributed by atoms with Crippen molar-refractivity contribution in [2.75, 3.05) is 0 Å². The summed E-state index contributed by atoms with van der Waals surface area (Å²) in [5.74, 6) is -7.19. The molecule has 10 N–H and O–H groups in total. The highest BCUT2D eigenvalue weighted by Gasteiger charge is 2.30. The van der Waals surface area contributed by atoms with E-state index in [2.05, 4.69) is 0 Å². The molecule has 4 amide bonds. The fraction of sp³-hybridized carbons (Fsp3) is 0.500. The molecule has 0 radical (unpaired) electrons. The van der Waals surface area contributed by atoms with E-state index in [4.69, 9.17) is 27.4 Å². The fourth-order valence-corrected chi connectivity index (χ4v) is 1.65. The molecule has 3 atom stereocenters. The van der Waals surface area contributed by atoms with Crippen LogP contribution >= 0.6 is 0 Å². The van der Waals surface area contributed by atoms with Gasteiger partial charge in [0.15, 0.2) is 0 Å². The molecule has 25 heavy (non-hydrogen) atoms. The first-order chi connectivity index (χ1) is 11.4. The van der Waals surface area contributed by atoms with Gasteiger partial charge in [0.25, 0.3) is 0 Å². The average molecular weight is 361 g/mol. The van der Waals surface area contributed by atoms with E-state index in [0.29, 0.717) is 0 Å². The normalized spacial score (nSPS) is 13.8. The molecule has 0 spiro atoms. The van der Waals surface area contributed by atoms with Gasteiger partial charge in [-0.2, -0.15) is 0 Å². The van der Waals surface area contributed by atoms with Crippen LogP contribution in [0.15, 0.2) is 0 Å². The Balaban J connectivity index is 5.11. The number of primary amides is 2. The molecule has 0 aliphatic heterocycles. The molecular weight excluding hydrogens is 342 g/mol. The van der Waals surface area contributed by atoms with Gasteiger partial charge in [-0.3, -0.25) is 24.0 Å². The minimum Gasteiger partial charge on any atom is -0.481 e. The van der Waals surface area contributed by atoms with E-state index in [1.165, 1.54) is 0 Å². The lowest BCUT2D eigenvalue weighted by Gasteiger charge is -2.21. The third-order valence-electron chi connectivity index (χ3n) is 2.79. The van der Waals surface area contributed by atoms with Crippen LogP contribution in [0.5, 0.6) is 0 Å². The van der Waals surface area contributed by atoms with Crippen molar-refractivity contribution >= 4 is 35.6 Å². The number of nitrogens with one attached hydrogen (secondary N) is 2. The van der Waals surface area contributed by atoms with Crippen molar-refractivity contribution in [3.63, 3.8) is 0 Å². The van der Waals surface area contributed by atoms with Crippen LogP contribution in [0.1, 0.15) is 19.3 Å². The lowest BCUT2D eigenvalue weighted by atomic mass is 10.1. The van der Waals surface area contributed by atoms with E-state index >= 15 is 0 Å². The van der Waals surface area contributed by atoms with Crippen molar-refractivity contribution < 1.29 is 39.0 Å². The van der Waals surface area contributed by atoms with Crippen LogP contribution in [0, 0.1) is 0 Å². The molecule has 0 rings (SSSR count). The van der Waals surface area contributed by atoms with Gasteiger partial charge in [0.2, 0.25) is 23.6 Å². The highest BCUT2D eigenvalue weighted by atomic mass is 16.4. The number of carboxylic acids is 2. The summed E-state index contributed by atoms with van der Waals surface area (Å²) in [6.07, 6.45) is -2.17. The Labute approximate surface area is 140 Å². The third kappa shape index (κ3) is 8.85. The Kier molecular flexibility index (Phi) is 8.55. The maximum Gasteiger partial charge on any atom is 0.326 e. The summed E-state index contributed by atoms with van der Waals surface area (Å²) in [7, 11) is 0. The average Bonchev–Trinajstić information content (AvgIpc) is 2.43. The minimum atomic E-state index is -1.79. The van der Waals surface area contributed by atoms with Crippen molar-refractivity contribution in [1.82, 2.24) is 10.6 Å². The number of aliphatic carboxylic acids is 2. The van der Waals surface area contributed by atoms with Crippen LogP contribution in [-0.4, -0.2) is 63.9 Å². The Hall–Kier alpha value is -3.22. The first-order valence-corrected chi connectivity index (χ1v) is 6.81. The van der Waals surface area contributed by atoms with Crippen molar-refractivity contribution in [3.05, 3.63) is 0 Å². The molecule has 13 nitrogen and oxygen atoms in total. The van der Waals surface area contributed by atoms with Crippen molar-refractivity contribution in [3.8, 4) is 0 Å². The van der Waals surface area contributed by atoms with Gasteiger partial charge < -0.3 is 38.0 Å². The number of amides is 4. The molecule has 0 heterocycles. The summed E-state index contributed by atoms with van der Waals surface area (Å²) in [6, 6.07) is -4.81. The number of carbonyl (C=O) groups excluding carboxylic acids is 4. The van der Waals surface area contributed by atoms with E-state index in [1.807, 2.05) is 10.6 Å². The molecule has 0 saturated carbocycles. The van der Waals surface area contributed by atoms with E-state index < -0.39 is 73.0 Å². The summed E-state index contributed by atoms with van der Waals surface area (Å²) in [6.45, 7) is 0. The number of nitrogens with two attached hydrogens (primary N) is 3. The molecular formula is C12H19N5O8. The lowest BCUT2D eigenvalue weighted by molar-refractivity contribution is -0.147. The van der Waals surface area contributed by atoms with Crippen LogP contribution in [0.4, 0.5) is 0 Å². The van der Waals surface area contributed by atoms with Crippen LogP contribution < -0.4 is 27.8 Å². The molecule has 0 unspecified atom stereocenters. The molecule has 0 aromatic rings. The van der Waals surface area contributed by atoms with Crippen LogP contribution in [0.2, 0.25) is 0 Å². The van der Waals surface area contributed by atoms with Crippen LogP contribution in [-0.2, 0) is 28.8 Å². The van der Waals surface area contributed by atoms with Gasteiger partial charge in [-0.15, -0.1) is 0 Å². The zero-order chi connectivity index (χ0) is 19.7. The van der Waals surface area contributed by atoms with Crippen molar-refractivity contribution in [2.45, 2.75) is 37.4 Å². The highest BCUT2D eigenvalue weighted by Crippen LogP contribution is 1.99. The Morgan fingerprint density at radius 1 is 0.760 bits per heavy atom. The molecule has 0 aliphatic carbocycles. The predicted octanol–water partition coefficient (Wildman–Crippen LogP) is -4.41. The predicted molar refractivity (Wildman–Crippen MR) is 79.3 cm³/mol. The maximum atomic E-state index is 12.0. The molecule has 0 bridgehead atoms. The molecule has 0 fully saturated rings. The molecule has 13 heteroatoms. The molecule has 140 valence electrons. The van der Waals surface area contributed by atoms with E-state index in [0.717, 1.165) is 0 Å². The van der Waals surface area contributed by atoms with Crippen molar-refractivity contribution in [1.29, 1.82) is 0 Å². The quantitative estimate of drug-likeness (QED) is 0.187. The molecule has 0 aromatic carbocycles. The first kappa shape index (κ1) is 21.8. The topological polar surface area (TPSA) is 245 Å². The van der Waals surface area contributed by atoms with E-state index in [1.54, 1.807) is 0 Å². The lowest BCUT2D eigenvalue weighted by Crippen LogP contribution is -2.56. The highest BCUT2D eigenvalue weighted by molar-refractivity contribution is 5.96. The summed E-state index contributed by atoms with van der Waals surface area (Å²) in [5, 5.41) is 21.4. The number of carbonyl (C=O) groups is 6. The summed E-state index contributed by atoms with van der Waals surface area (Å²) >= 11 is 0. The van der Waals surface area contributed by atoms with Crippen molar-refractivity contribution in [2.24, 2.45) is 17.2 Å². The largest absolute Gasteiger partial charge is 0.481 e. The van der Waals surface area contributed by atoms with Gasteiger partial charge >= 0.3 is 11.9 Å². The smallest absolute Gasteiger partial charge is 0.326 e.